The summed E-state index contributed by atoms with van der Waals surface area (Å²) in [6.07, 6.45) is 0.506. The molecule has 19 heavy (non-hydrogen) atoms. The number of carbonyl (C=O) groups excluding carboxylic acids is 1. The van der Waals surface area contributed by atoms with Crippen LogP contribution in [0.3, 0.4) is 0 Å². The van der Waals surface area contributed by atoms with Crippen molar-refractivity contribution in [3.8, 4) is 5.75 Å². The Morgan fingerprint density at radius 1 is 1.05 bits per heavy atom. The first-order valence-corrected chi connectivity index (χ1v) is 6.16. The van der Waals surface area contributed by atoms with Crippen molar-refractivity contribution in [2.45, 2.75) is 13.3 Å². The minimum absolute atomic E-state index is 0.383. The molecule has 0 aliphatic rings. The van der Waals surface area contributed by atoms with Crippen LogP contribution < -0.4 is 4.74 Å². The molecule has 0 unspecified atom stereocenters. The number of carbonyl (C=O) groups is 1. The van der Waals surface area contributed by atoms with E-state index in [9.17, 15) is 4.79 Å². The second-order valence-electron chi connectivity index (χ2n) is 4.47. The molecule has 2 aromatic rings. The Kier molecular flexibility index (Phi) is 4.14. The fourth-order valence-electron chi connectivity index (χ4n) is 1.69. The van der Waals surface area contributed by atoms with Gasteiger partial charge in [0.15, 0.2) is 0 Å². The number of benzene rings is 2. The van der Waals surface area contributed by atoms with Gasteiger partial charge in [-0.25, -0.2) is 4.79 Å². The molecule has 0 fully saturated rings. The predicted octanol–water partition coefficient (Wildman–Crippen LogP) is 3.70. The molecule has 0 aromatic heterocycles. The van der Waals surface area contributed by atoms with Gasteiger partial charge in [-0.15, -0.1) is 0 Å². The van der Waals surface area contributed by atoms with Gasteiger partial charge in [-0.1, -0.05) is 54.6 Å². The van der Waals surface area contributed by atoms with E-state index in [0.29, 0.717) is 17.7 Å². The maximum absolute atomic E-state index is 11.9. The zero-order valence-corrected chi connectivity index (χ0v) is 10.9. The lowest BCUT2D eigenvalue weighted by atomic mass is 10.1. The van der Waals surface area contributed by atoms with Crippen LogP contribution in [0.25, 0.3) is 0 Å². The Labute approximate surface area is 113 Å². The molecule has 0 bridgehead atoms. The second-order valence-corrected chi connectivity index (χ2v) is 4.47. The largest absolute Gasteiger partial charge is 0.423 e. The van der Waals surface area contributed by atoms with E-state index in [0.717, 1.165) is 5.56 Å². The molecule has 0 saturated carbocycles. The summed E-state index contributed by atoms with van der Waals surface area (Å²) in [5, 5.41) is 0. The van der Waals surface area contributed by atoms with Crippen molar-refractivity contribution in [1.82, 2.24) is 0 Å². The molecule has 2 aromatic carbocycles. The van der Waals surface area contributed by atoms with Gasteiger partial charge < -0.3 is 4.74 Å². The fourth-order valence-corrected chi connectivity index (χ4v) is 1.69. The molecule has 0 amide bonds. The van der Waals surface area contributed by atoms with Crippen LogP contribution >= 0.6 is 0 Å². The number of hydrogen-bond acceptors (Lipinski definition) is 2. The first-order valence-electron chi connectivity index (χ1n) is 6.16. The van der Waals surface area contributed by atoms with Crippen LogP contribution in [0.5, 0.6) is 5.75 Å². The van der Waals surface area contributed by atoms with Crippen molar-refractivity contribution in [1.29, 1.82) is 0 Å². The Morgan fingerprint density at radius 3 is 2.32 bits per heavy atom. The summed E-state index contributed by atoms with van der Waals surface area (Å²) in [6, 6.07) is 17.0. The molecule has 0 aliphatic carbocycles. The van der Waals surface area contributed by atoms with Crippen LogP contribution in [-0.4, -0.2) is 5.97 Å². The highest BCUT2D eigenvalue weighted by atomic mass is 16.5. The van der Waals surface area contributed by atoms with Gasteiger partial charge >= 0.3 is 5.97 Å². The normalized spacial score (nSPS) is 9.95. The molecule has 0 atom stereocenters. The van der Waals surface area contributed by atoms with Crippen molar-refractivity contribution in [2.24, 2.45) is 0 Å². The van der Waals surface area contributed by atoms with Crippen LogP contribution in [0.15, 0.2) is 66.7 Å². The molecular formula is C17H16O2. The molecule has 96 valence electrons. The fraction of sp³-hybridized carbons (Fsp3) is 0.118. The van der Waals surface area contributed by atoms with Gasteiger partial charge in [0.1, 0.15) is 5.75 Å². The molecule has 0 N–H and O–H groups in total. The van der Waals surface area contributed by atoms with E-state index in [-0.39, 0.29) is 5.97 Å². The topological polar surface area (TPSA) is 26.3 Å². The van der Waals surface area contributed by atoms with Crippen molar-refractivity contribution in [3.63, 3.8) is 0 Å². The predicted molar refractivity (Wildman–Crippen MR) is 76.1 cm³/mol. The highest BCUT2D eigenvalue weighted by molar-refractivity contribution is 5.89. The zero-order valence-electron chi connectivity index (χ0n) is 10.9. The third-order valence-electron chi connectivity index (χ3n) is 2.78. The number of rotatable bonds is 4. The lowest BCUT2D eigenvalue weighted by Crippen LogP contribution is -2.12. The summed E-state index contributed by atoms with van der Waals surface area (Å²) in [6.45, 7) is 5.82. The zero-order chi connectivity index (χ0) is 13.7. The molecule has 2 heteroatoms. The first kappa shape index (κ1) is 13.1. The van der Waals surface area contributed by atoms with Gasteiger partial charge in [0, 0.05) is 12.0 Å². The minimum Gasteiger partial charge on any atom is -0.423 e. The van der Waals surface area contributed by atoms with E-state index in [2.05, 4.69) is 6.58 Å². The lowest BCUT2D eigenvalue weighted by Gasteiger charge is -2.07. The van der Waals surface area contributed by atoms with Gasteiger partial charge in [-0.2, -0.15) is 0 Å². The molecule has 0 radical (unpaired) electrons. The average Bonchev–Trinajstić information content (AvgIpc) is 2.42. The SMILES string of the molecule is C=C(Cc1ccc(C)cc1)C(=O)Oc1ccccc1. The molecular weight excluding hydrogens is 236 g/mol. The molecule has 2 rings (SSSR count). The number of hydrogen-bond donors (Lipinski definition) is 0. The summed E-state index contributed by atoms with van der Waals surface area (Å²) in [5.41, 5.74) is 2.70. The standard InChI is InChI=1S/C17H16O2/c1-13-8-10-15(11-9-13)12-14(2)17(18)19-16-6-4-3-5-7-16/h3-11H,2,12H2,1H3. The average molecular weight is 252 g/mol. The number of para-hydroxylation sites is 1. The molecule has 0 aliphatic heterocycles. The molecule has 0 saturated heterocycles. The van der Waals surface area contributed by atoms with Crippen LogP contribution in [0.1, 0.15) is 11.1 Å². The van der Waals surface area contributed by atoms with Gasteiger partial charge in [-0.05, 0) is 24.6 Å². The van der Waals surface area contributed by atoms with Crippen LogP contribution in [-0.2, 0) is 11.2 Å². The maximum Gasteiger partial charge on any atom is 0.339 e. The monoisotopic (exact) mass is 252 g/mol. The third-order valence-corrected chi connectivity index (χ3v) is 2.78. The van der Waals surface area contributed by atoms with Crippen molar-refractivity contribution in [3.05, 3.63) is 77.9 Å². The second kappa shape index (κ2) is 6.01. The maximum atomic E-state index is 11.9. The number of esters is 1. The van der Waals surface area contributed by atoms with Crippen molar-refractivity contribution >= 4 is 5.97 Å². The third kappa shape index (κ3) is 3.81. The summed E-state index contributed by atoms with van der Waals surface area (Å²) in [4.78, 5) is 11.9. The van der Waals surface area contributed by atoms with Gasteiger partial charge in [-0.3, -0.25) is 0 Å². The summed E-state index contributed by atoms with van der Waals surface area (Å²) in [7, 11) is 0. The number of aryl methyl sites for hydroxylation is 1. The van der Waals surface area contributed by atoms with Crippen molar-refractivity contribution < 1.29 is 9.53 Å². The van der Waals surface area contributed by atoms with E-state index in [4.69, 9.17) is 4.74 Å². The summed E-state index contributed by atoms with van der Waals surface area (Å²) >= 11 is 0. The lowest BCUT2D eigenvalue weighted by molar-refractivity contribution is -0.130. The van der Waals surface area contributed by atoms with E-state index in [1.54, 1.807) is 12.1 Å². The van der Waals surface area contributed by atoms with Crippen LogP contribution in [0.2, 0.25) is 0 Å². The van der Waals surface area contributed by atoms with Gasteiger partial charge in [0.2, 0.25) is 0 Å². The highest BCUT2D eigenvalue weighted by Gasteiger charge is 2.10. The molecule has 2 nitrogen and oxygen atoms in total. The smallest absolute Gasteiger partial charge is 0.339 e. The Morgan fingerprint density at radius 2 is 1.68 bits per heavy atom. The first-order chi connectivity index (χ1) is 9.15. The van der Waals surface area contributed by atoms with Gasteiger partial charge in [0.25, 0.3) is 0 Å². The Balaban J connectivity index is 1.96. The summed E-state index contributed by atoms with van der Waals surface area (Å²) < 4.78 is 5.23. The summed E-state index contributed by atoms with van der Waals surface area (Å²) in [5.74, 6) is 0.157. The van der Waals surface area contributed by atoms with E-state index in [1.807, 2.05) is 49.4 Å². The quantitative estimate of drug-likeness (QED) is 0.471. The molecule has 0 spiro atoms. The Bertz CT molecular complexity index is 568. The van der Waals surface area contributed by atoms with Crippen molar-refractivity contribution in [2.75, 3.05) is 0 Å². The van der Waals surface area contributed by atoms with Crippen LogP contribution in [0.4, 0.5) is 0 Å². The van der Waals surface area contributed by atoms with E-state index in [1.165, 1.54) is 5.56 Å². The van der Waals surface area contributed by atoms with Gasteiger partial charge in [0.05, 0.1) is 0 Å². The van der Waals surface area contributed by atoms with E-state index >= 15 is 0 Å². The number of ether oxygens (including phenoxy) is 1. The highest BCUT2D eigenvalue weighted by Crippen LogP contribution is 2.13. The molecule has 0 heterocycles. The Hall–Kier alpha value is -2.35. The van der Waals surface area contributed by atoms with Crippen LogP contribution in [0, 0.1) is 6.92 Å². The van der Waals surface area contributed by atoms with E-state index < -0.39 is 0 Å². The minimum atomic E-state index is -0.383.